The quantitative estimate of drug-likeness (QED) is 0.0459. The number of carbonyl (C=O) groups excluding carboxylic acids is 3. The highest BCUT2D eigenvalue weighted by molar-refractivity contribution is 8.03. The molecule has 5 heterocycles. The maximum Gasteiger partial charge on any atom is 0.352 e. The van der Waals surface area contributed by atoms with Crippen molar-refractivity contribution < 1.29 is 34.2 Å². The molecule has 0 radical (unpaired) electrons. The van der Waals surface area contributed by atoms with Crippen LogP contribution in [0.1, 0.15) is 19.5 Å². The molecular weight excluding hydrogens is 651 g/mol. The van der Waals surface area contributed by atoms with E-state index in [0.717, 1.165) is 16.2 Å². The average molecular weight is 680 g/mol. The third-order valence-electron chi connectivity index (χ3n) is 6.68. The number of carboxylic acid groups (broad SMARTS) is 1. The number of β-lactam (4-membered cyclic amide) rings is 1. The summed E-state index contributed by atoms with van der Waals surface area (Å²) in [6.07, 6.45) is 3.43. The summed E-state index contributed by atoms with van der Waals surface area (Å²) in [6.45, 7) is 2.49. The van der Waals surface area contributed by atoms with E-state index in [1.54, 1.807) is 29.3 Å². The molecule has 0 spiro atoms. The highest BCUT2D eigenvalue weighted by Gasteiger charge is 2.54. The minimum atomic E-state index is -1.56. The summed E-state index contributed by atoms with van der Waals surface area (Å²) in [4.78, 5) is 66.0. The van der Waals surface area contributed by atoms with Gasteiger partial charge >= 0.3 is 5.97 Å². The Morgan fingerprint density at radius 3 is 2.76 bits per heavy atom. The Bertz CT molecular complexity index is 1600. The summed E-state index contributed by atoms with van der Waals surface area (Å²) in [5, 5.41) is 31.2. The maximum atomic E-state index is 13.4. The van der Waals surface area contributed by atoms with E-state index in [0.29, 0.717) is 22.1 Å². The second-order valence-electron chi connectivity index (χ2n) is 10.3. The van der Waals surface area contributed by atoms with Crippen LogP contribution < -0.4 is 27.9 Å². The average Bonchev–Trinajstić information content (AvgIpc) is 3.61. The number of hydrazine groups is 3. The van der Waals surface area contributed by atoms with Gasteiger partial charge in [-0.1, -0.05) is 5.16 Å². The topological polar surface area (TPSA) is 253 Å². The summed E-state index contributed by atoms with van der Waals surface area (Å²) >= 11 is 3.65. The molecule has 0 bridgehead atoms. The molecule has 4 aliphatic rings. The normalized spacial score (nSPS) is 21.4. The van der Waals surface area contributed by atoms with Crippen molar-refractivity contribution in [3.05, 3.63) is 45.5 Å². The van der Waals surface area contributed by atoms with Gasteiger partial charge in [-0.3, -0.25) is 29.7 Å². The number of nitrogens with one attached hydrogen (secondary N) is 3. The molecule has 1 unspecified atom stereocenters. The molecule has 0 saturated carbocycles. The predicted molar refractivity (Wildman–Crippen MR) is 166 cm³/mol. The van der Waals surface area contributed by atoms with Gasteiger partial charge in [0.25, 0.3) is 17.7 Å². The van der Waals surface area contributed by atoms with Crippen molar-refractivity contribution in [3.8, 4) is 0 Å². The molecule has 4 aliphatic heterocycles. The van der Waals surface area contributed by atoms with E-state index in [1.807, 2.05) is 5.43 Å². The van der Waals surface area contributed by atoms with Crippen molar-refractivity contribution in [2.24, 2.45) is 16.0 Å². The zero-order valence-corrected chi connectivity index (χ0v) is 26.5. The fourth-order valence-electron chi connectivity index (χ4n) is 4.42. The van der Waals surface area contributed by atoms with E-state index in [2.05, 4.69) is 26.0 Å². The number of aromatic nitrogens is 1. The van der Waals surface area contributed by atoms with E-state index in [1.165, 1.54) is 42.8 Å². The van der Waals surface area contributed by atoms with Gasteiger partial charge < -0.3 is 26.1 Å². The summed E-state index contributed by atoms with van der Waals surface area (Å²) in [7, 11) is 1.78. The molecule has 1 fully saturated rings. The first-order valence-corrected chi connectivity index (χ1v) is 16.0. The number of nitrogens with zero attached hydrogens (tertiary/aromatic N) is 6. The summed E-state index contributed by atoms with van der Waals surface area (Å²) < 4.78 is 0. The molecule has 0 aromatic carbocycles. The zero-order valence-electron chi connectivity index (χ0n) is 24.0. The molecule has 9 N–H and O–H groups in total. The van der Waals surface area contributed by atoms with Crippen LogP contribution in [0.3, 0.4) is 0 Å². The molecule has 2 atom stereocenters. The molecular formula is C24H29N11O7S3. The van der Waals surface area contributed by atoms with Gasteiger partial charge in [-0.2, -0.15) is 0 Å². The maximum absolute atomic E-state index is 13.4. The van der Waals surface area contributed by atoms with Gasteiger partial charge in [0.1, 0.15) is 22.8 Å². The van der Waals surface area contributed by atoms with Crippen molar-refractivity contribution in [1.29, 1.82) is 0 Å². The standard InChI is InChI=1S/C24H29N11O7S3/c1-24(2,22(41)30-26)42-31-15(12-9-45-23(25)28-12)18(37)29-16-19(38)34-17(21(39)40)10(8-44-20(16)34)7-43-14-4-11(6-36)27-13-5-33(3)32-35(13)14/h4-5,9,16,20,32,36H,6-8,26H2,1-3H3,(H2,25,28)(H,29,37)(H,30,41)(H,39,40)/b31-15-/t16?,20-/m1/s1. The van der Waals surface area contributed by atoms with Crippen molar-refractivity contribution in [1.82, 2.24) is 36.2 Å². The number of nitrogen functional groups attached to an aromatic ring is 1. The fourth-order valence-corrected chi connectivity index (χ4v) is 7.49. The minimum Gasteiger partial charge on any atom is -0.477 e. The lowest BCUT2D eigenvalue weighted by Crippen LogP contribution is -2.71. The first-order valence-electron chi connectivity index (χ1n) is 13.1. The first-order chi connectivity index (χ1) is 21.3. The predicted octanol–water partition coefficient (Wildman–Crippen LogP) is -1.56. The number of carboxylic acids is 1. The Labute approximate surface area is 268 Å². The molecule has 3 amide bonds. The molecule has 18 nitrogen and oxygen atoms in total. The third kappa shape index (κ3) is 6.35. The molecule has 5 rings (SSSR count). The van der Waals surface area contributed by atoms with Gasteiger partial charge in [0, 0.05) is 23.9 Å². The number of thioether (sulfide) groups is 2. The van der Waals surface area contributed by atoms with Crippen LogP contribution in [0.5, 0.6) is 0 Å². The largest absolute Gasteiger partial charge is 0.477 e. The molecule has 240 valence electrons. The second kappa shape index (κ2) is 12.7. The van der Waals surface area contributed by atoms with Crippen LogP contribution in [0.4, 0.5) is 5.13 Å². The van der Waals surface area contributed by atoms with E-state index < -0.39 is 40.7 Å². The number of nitrogens with two attached hydrogens (primary N) is 2. The molecule has 1 aromatic heterocycles. The number of aliphatic imine (C=N–C) groups is 1. The van der Waals surface area contributed by atoms with Crippen molar-refractivity contribution in [2.75, 3.05) is 30.9 Å². The van der Waals surface area contributed by atoms with Crippen LogP contribution in [0, 0.1) is 0 Å². The molecule has 1 aromatic rings. The van der Waals surface area contributed by atoms with Crippen molar-refractivity contribution in [2.45, 2.75) is 30.9 Å². The second-order valence-corrected chi connectivity index (χ2v) is 13.3. The number of thiazole rings is 1. The highest BCUT2D eigenvalue weighted by atomic mass is 32.2. The lowest BCUT2D eigenvalue weighted by atomic mass is 10.0. The Hall–Kier alpha value is -4.15. The summed E-state index contributed by atoms with van der Waals surface area (Å²) in [6, 6.07) is -1.08. The third-order valence-corrected chi connectivity index (χ3v) is 9.78. The van der Waals surface area contributed by atoms with E-state index >= 15 is 0 Å². The SMILES string of the molecule is CN1C=C2N=C(CO)C=C(SCC3=C(C(=O)O)N4C(=O)C(NC(=O)/C(=N\OC(C)(C)C(=O)NN)c5csc(N)n5)[C@H]4SC3)N2N1. The minimum absolute atomic E-state index is 0.0485. The van der Waals surface area contributed by atoms with E-state index in [-0.39, 0.29) is 40.3 Å². The number of aliphatic hydroxyl groups is 1. The van der Waals surface area contributed by atoms with Crippen LogP contribution in [-0.4, -0.2) is 107 Å². The Morgan fingerprint density at radius 1 is 1.36 bits per heavy atom. The number of amides is 3. The lowest BCUT2D eigenvalue weighted by molar-refractivity contribution is -0.150. The van der Waals surface area contributed by atoms with E-state index in [4.69, 9.17) is 16.4 Å². The van der Waals surface area contributed by atoms with E-state index in [9.17, 15) is 29.4 Å². The zero-order chi connectivity index (χ0) is 32.6. The number of fused-ring (bicyclic) bond motifs is 2. The number of aliphatic carboxylic acids is 1. The Kier molecular flexibility index (Phi) is 9.09. The van der Waals surface area contributed by atoms with Crippen LogP contribution in [0.2, 0.25) is 0 Å². The summed E-state index contributed by atoms with van der Waals surface area (Å²) in [5.74, 6) is 2.80. The Balaban J connectivity index is 1.32. The summed E-state index contributed by atoms with van der Waals surface area (Å²) in [5.41, 5.74) is 9.70. The van der Waals surface area contributed by atoms with Gasteiger partial charge in [0.15, 0.2) is 16.7 Å². The van der Waals surface area contributed by atoms with Crippen LogP contribution in [-0.2, 0) is 24.0 Å². The van der Waals surface area contributed by atoms with Crippen LogP contribution in [0.25, 0.3) is 0 Å². The number of oxime groups is 1. The molecule has 21 heteroatoms. The van der Waals surface area contributed by atoms with Crippen LogP contribution in [0.15, 0.2) is 49.9 Å². The lowest BCUT2D eigenvalue weighted by Gasteiger charge is -2.49. The number of anilines is 1. The number of rotatable bonds is 11. The number of carbonyl (C=O) groups is 4. The van der Waals surface area contributed by atoms with Gasteiger partial charge in [0.05, 0.1) is 23.5 Å². The van der Waals surface area contributed by atoms with Gasteiger partial charge in [-0.25, -0.2) is 25.6 Å². The van der Waals surface area contributed by atoms with Gasteiger partial charge in [-0.05, 0) is 25.5 Å². The monoisotopic (exact) mass is 679 g/mol. The smallest absolute Gasteiger partial charge is 0.352 e. The number of aliphatic hydroxyl groups excluding tert-OH is 1. The highest BCUT2D eigenvalue weighted by Crippen LogP contribution is 2.42. The van der Waals surface area contributed by atoms with Gasteiger partial charge in [-0.15, -0.1) is 40.4 Å². The first kappa shape index (κ1) is 32.2. The Morgan fingerprint density at radius 2 is 2.11 bits per heavy atom. The van der Waals surface area contributed by atoms with Crippen molar-refractivity contribution in [3.63, 3.8) is 0 Å². The number of hydrogen-bond donors (Lipinski definition) is 7. The fraction of sp³-hybridized carbons (Fsp3) is 0.375. The van der Waals surface area contributed by atoms with Crippen LogP contribution >= 0.6 is 34.9 Å². The van der Waals surface area contributed by atoms with Gasteiger partial charge in [0.2, 0.25) is 5.60 Å². The molecule has 0 aliphatic carbocycles. The molecule has 1 saturated heterocycles. The van der Waals surface area contributed by atoms with Crippen molar-refractivity contribution >= 4 is 75.1 Å². The number of hydrogen-bond acceptors (Lipinski definition) is 17. The molecule has 45 heavy (non-hydrogen) atoms.